The molecule has 0 unspecified atom stereocenters. The van der Waals surface area contributed by atoms with Crippen molar-refractivity contribution >= 4 is 28.9 Å². The SMILES string of the molecule is CC(=N)C(C)(Cl)Cl. The summed E-state index contributed by atoms with van der Waals surface area (Å²) >= 11 is 10.8. The second kappa shape index (κ2) is 2.01. The zero-order valence-corrected chi connectivity index (χ0v) is 5.77. The molecule has 0 spiro atoms. The van der Waals surface area contributed by atoms with Crippen molar-refractivity contribution in [3.63, 3.8) is 0 Å². The fourth-order valence-electron chi connectivity index (χ4n) is 0. The molecule has 0 aliphatic carbocycles. The molecule has 0 radical (unpaired) electrons. The van der Waals surface area contributed by atoms with Gasteiger partial charge in [-0.05, 0) is 13.8 Å². The number of halogens is 2. The highest BCUT2D eigenvalue weighted by Gasteiger charge is 2.17. The van der Waals surface area contributed by atoms with E-state index in [1.165, 1.54) is 0 Å². The van der Waals surface area contributed by atoms with Gasteiger partial charge in [-0.1, -0.05) is 23.2 Å². The summed E-state index contributed by atoms with van der Waals surface area (Å²) in [4.78, 5) is 0. The summed E-state index contributed by atoms with van der Waals surface area (Å²) in [6.45, 7) is 3.14. The molecule has 1 N–H and O–H groups in total. The maximum atomic E-state index is 6.88. The Balaban J connectivity index is 3.79. The maximum Gasteiger partial charge on any atom is 0.152 e. The van der Waals surface area contributed by atoms with Crippen LogP contribution < -0.4 is 0 Å². The van der Waals surface area contributed by atoms with Gasteiger partial charge in [0.1, 0.15) is 0 Å². The van der Waals surface area contributed by atoms with Gasteiger partial charge in [0.25, 0.3) is 0 Å². The third-order valence-corrected chi connectivity index (χ3v) is 1.23. The van der Waals surface area contributed by atoms with Crippen molar-refractivity contribution in [1.29, 1.82) is 5.41 Å². The Morgan fingerprint density at radius 2 is 1.71 bits per heavy atom. The minimum atomic E-state index is -0.972. The van der Waals surface area contributed by atoms with Gasteiger partial charge in [0.05, 0.1) is 0 Å². The molecule has 0 aliphatic rings. The van der Waals surface area contributed by atoms with E-state index in [1.807, 2.05) is 0 Å². The Labute approximate surface area is 53.1 Å². The molecule has 0 rings (SSSR count). The van der Waals surface area contributed by atoms with Crippen LogP contribution in [0.3, 0.4) is 0 Å². The number of alkyl halides is 2. The normalized spacial score (nSPS) is 11.4. The lowest BCUT2D eigenvalue weighted by atomic mass is 10.3. The fraction of sp³-hybridized carbons (Fsp3) is 0.750. The van der Waals surface area contributed by atoms with Gasteiger partial charge in [0, 0.05) is 5.71 Å². The summed E-state index contributed by atoms with van der Waals surface area (Å²) in [5, 5.41) is 6.88. The molecular formula is C4H7Cl2N. The predicted molar refractivity (Wildman–Crippen MR) is 33.5 cm³/mol. The first-order valence-corrected chi connectivity index (χ1v) is 2.63. The van der Waals surface area contributed by atoms with E-state index < -0.39 is 4.33 Å². The summed E-state index contributed by atoms with van der Waals surface area (Å²) in [5.41, 5.74) is 0.274. The Kier molecular flexibility index (Phi) is 2.09. The van der Waals surface area contributed by atoms with Crippen LogP contribution in [0.15, 0.2) is 0 Å². The highest BCUT2D eigenvalue weighted by molar-refractivity contribution is 6.58. The van der Waals surface area contributed by atoms with Crippen molar-refractivity contribution in [3.05, 3.63) is 0 Å². The summed E-state index contributed by atoms with van der Waals surface area (Å²) in [7, 11) is 0. The molecule has 0 aromatic rings. The fourth-order valence-corrected chi connectivity index (χ4v) is 0. The summed E-state index contributed by atoms with van der Waals surface area (Å²) in [6, 6.07) is 0. The van der Waals surface area contributed by atoms with E-state index in [0.29, 0.717) is 0 Å². The van der Waals surface area contributed by atoms with Gasteiger partial charge < -0.3 is 5.41 Å². The second-order valence-corrected chi connectivity index (χ2v) is 3.22. The molecule has 7 heavy (non-hydrogen) atoms. The predicted octanol–water partition coefficient (Wildman–Crippen LogP) is 2.22. The van der Waals surface area contributed by atoms with E-state index in [0.717, 1.165) is 0 Å². The number of hydrogen-bond acceptors (Lipinski definition) is 1. The van der Waals surface area contributed by atoms with Crippen LogP contribution in [0.2, 0.25) is 0 Å². The minimum absolute atomic E-state index is 0.274. The van der Waals surface area contributed by atoms with E-state index in [-0.39, 0.29) is 5.71 Å². The molecule has 0 aliphatic heterocycles. The molecule has 0 fully saturated rings. The Bertz CT molecular complexity index is 82.2. The number of rotatable bonds is 1. The largest absolute Gasteiger partial charge is 0.307 e. The molecule has 1 nitrogen and oxygen atoms in total. The molecule has 0 aromatic carbocycles. The van der Waals surface area contributed by atoms with E-state index in [9.17, 15) is 0 Å². The van der Waals surface area contributed by atoms with Gasteiger partial charge in [-0.25, -0.2) is 0 Å². The first kappa shape index (κ1) is 7.25. The standard InChI is InChI=1S/C4H7Cl2N/c1-3(7)4(2,5)6/h7H,1-2H3. The van der Waals surface area contributed by atoms with Crippen molar-refractivity contribution in [2.75, 3.05) is 0 Å². The molecule has 0 aromatic heterocycles. The summed E-state index contributed by atoms with van der Waals surface area (Å²) < 4.78 is -0.972. The lowest BCUT2D eigenvalue weighted by molar-refractivity contribution is 1.14. The van der Waals surface area contributed by atoms with Crippen LogP contribution >= 0.6 is 23.2 Å². The van der Waals surface area contributed by atoms with E-state index >= 15 is 0 Å². The topological polar surface area (TPSA) is 23.9 Å². The Hall–Kier alpha value is 0.250. The van der Waals surface area contributed by atoms with Crippen molar-refractivity contribution in [2.24, 2.45) is 0 Å². The van der Waals surface area contributed by atoms with E-state index in [2.05, 4.69) is 0 Å². The van der Waals surface area contributed by atoms with Crippen LogP contribution in [0.1, 0.15) is 13.8 Å². The van der Waals surface area contributed by atoms with E-state index in [4.69, 9.17) is 28.6 Å². The summed E-state index contributed by atoms with van der Waals surface area (Å²) in [6.07, 6.45) is 0. The first-order chi connectivity index (χ1) is 2.94. The molecule has 0 atom stereocenters. The van der Waals surface area contributed by atoms with Crippen LogP contribution in [-0.4, -0.2) is 10.0 Å². The monoisotopic (exact) mass is 139 g/mol. The third kappa shape index (κ3) is 2.89. The van der Waals surface area contributed by atoms with Gasteiger partial charge in [0.15, 0.2) is 4.33 Å². The number of nitrogens with one attached hydrogen (secondary N) is 1. The van der Waals surface area contributed by atoms with Gasteiger partial charge in [-0.3, -0.25) is 0 Å². The highest BCUT2D eigenvalue weighted by atomic mass is 35.5. The Morgan fingerprint density at radius 3 is 1.71 bits per heavy atom. The zero-order chi connectivity index (χ0) is 6.08. The number of hydrogen-bond donors (Lipinski definition) is 1. The van der Waals surface area contributed by atoms with Crippen molar-refractivity contribution < 1.29 is 0 Å². The Morgan fingerprint density at radius 1 is 1.57 bits per heavy atom. The van der Waals surface area contributed by atoms with Crippen LogP contribution in [-0.2, 0) is 0 Å². The van der Waals surface area contributed by atoms with E-state index in [1.54, 1.807) is 13.8 Å². The zero-order valence-electron chi connectivity index (χ0n) is 4.26. The lowest BCUT2D eigenvalue weighted by Crippen LogP contribution is -2.16. The second-order valence-electron chi connectivity index (χ2n) is 1.51. The molecule has 0 heterocycles. The summed E-state index contributed by atoms with van der Waals surface area (Å²) in [5.74, 6) is 0. The average molecular weight is 140 g/mol. The van der Waals surface area contributed by atoms with Crippen molar-refractivity contribution in [1.82, 2.24) is 0 Å². The van der Waals surface area contributed by atoms with Crippen LogP contribution in [0.5, 0.6) is 0 Å². The van der Waals surface area contributed by atoms with Gasteiger partial charge in [-0.2, -0.15) is 0 Å². The van der Waals surface area contributed by atoms with Gasteiger partial charge >= 0.3 is 0 Å². The van der Waals surface area contributed by atoms with Crippen LogP contribution in [0, 0.1) is 5.41 Å². The molecule has 3 heteroatoms. The quantitative estimate of drug-likeness (QED) is 0.426. The molecule has 42 valence electrons. The average Bonchev–Trinajstić information content (AvgIpc) is 1.31. The maximum absolute atomic E-state index is 6.88. The molecule has 0 bridgehead atoms. The minimum Gasteiger partial charge on any atom is -0.307 e. The lowest BCUT2D eigenvalue weighted by Gasteiger charge is -2.08. The molecule has 0 saturated carbocycles. The van der Waals surface area contributed by atoms with Gasteiger partial charge in [-0.15, -0.1) is 0 Å². The van der Waals surface area contributed by atoms with Crippen molar-refractivity contribution in [3.8, 4) is 0 Å². The van der Waals surface area contributed by atoms with Gasteiger partial charge in [0.2, 0.25) is 0 Å². The molecular weight excluding hydrogens is 133 g/mol. The van der Waals surface area contributed by atoms with Crippen LogP contribution in [0.25, 0.3) is 0 Å². The van der Waals surface area contributed by atoms with Crippen molar-refractivity contribution in [2.45, 2.75) is 18.2 Å². The van der Waals surface area contributed by atoms with Crippen LogP contribution in [0.4, 0.5) is 0 Å². The smallest absolute Gasteiger partial charge is 0.152 e. The molecule has 0 saturated heterocycles. The first-order valence-electron chi connectivity index (χ1n) is 1.88. The third-order valence-electron chi connectivity index (χ3n) is 0.658. The highest BCUT2D eigenvalue weighted by Crippen LogP contribution is 2.19. The molecule has 0 amide bonds.